The van der Waals surface area contributed by atoms with E-state index in [9.17, 15) is 9.90 Å². The first-order valence-corrected chi connectivity index (χ1v) is 6.70. The molecule has 1 N–H and O–H groups in total. The molecule has 0 aromatic carbocycles. The van der Waals surface area contributed by atoms with E-state index in [1.807, 2.05) is 6.92 Å². The van der Waals surface area contributed by atoms with Crippen molar-refractivity contribution in [3.05, 3.63) is 23.8 Å². The first kappa shape index (κ1) is 12.0. The van der Waals surface area contributed by atoms with Crippen LogP contribution in [0.1, 0.15) is 33.1 Å². The second kappa shape index (κ2) is 3.70. The summed E-state index contributed by atoms with van der Waals surface area (Å²) in [6.45, 7) is 7.87. The summed E-state index contributed by atoms with van der Waals surface area (Å²) in [5.74, 6) is 0.173. The normalized spacial score (nSPS) is 47.2. The standard InChI is InChI=1S/C15H20O3/c1-8-4-5-11-12(8)13-10(6-7-15(11,3)17)9(2)14(16)18-13/h4,10-13,17H,2,5-7H2,1,3H3/t10-,11+,12+,13-,15+/m0/s1. The second-order valence-corrected chi connectivity index (χ2v) is 6.21. The number of aliphatic hydroxyl groups is 1. The Hall–Kier alpha value is -1.09. The molecule has 2 fully saturated rings. The van der Waals surface area contributed by atoms with Crippen molar-refractivity contribution >= 4 is 5.97 Å². The van der Waals surface area contributed by atoms with Gasteiger partial charge in [0.05, 0.1) is 5.60 Å². The van der Waals surface area contributed by atoms with Gasteiger partial charge in [0, 0.05) is 23.3 Å². The van der Waals surface area contributed by atoms with Crippen LogP contribution >= 0.6 is 0 Å². The number of hydrogen-bond acceptors (Lipinski definition) is 3. The SMILES string of the molecule is C=C1C(=O)O[C@@H]2[C@@H]3C(C)=CC[C@H]3[C@](C)(O)CC[C@@H]12. The van der Waals surface area contributed by atoms with Crippen molar-refractivity contribution < 1.29 is 14.6 Å². The summed E-state index contributed by atoms with van der Waals surface area (Å²) < 4.78 is 5.54. The number of carbonyl (C=O) groups excluding carboxylic acids is 1. The molecule has 18 heavy (non-hydrogen) atoms. The van der Waals surface area contributed by atoms with Crippen LogP contribution in [0.5, 0.6) is 0 Å². The molecule has 0 radical (unpaired) electrons. The van der Waals surface area contributed by atoms with Gasteiger partial charge in [-0.3, -0.25) is 0 Å². The fourth-order valence-corrected chi connectivity index (χ4v) is 3.97. The monoisotopic (exact) mass is 248 g/mol. The highest BCUT2D eigenvalue weighted by Gasteiger charge is 2.54. The van der Waals surface area contributed by atoms with Crippen molar-refractivity contribution in [3.8, 4) is 0 Å². The van der Waals surface area contributed by atoms with E-state index in [4.69, 9.17) is 4.74 Å². The van der Waals surface area contributed by atoms with E-state index in [2.05, 4.69) is 19.6 Å². The van der Waals surface area contributed by atoms with Crippen molar-refractivity contribution in [2.24, 2.45) is 17.8 Å². The van der Waals surface area contributed by atoms with E-state index in [1.165, 1.54) is 5.57 Å². The Bertz CT molecular complexity index is 447. The number of rotatable bonds is 0. The smallest absolute Gasteiger partial charge is 0.334 e. The Labute approximate surface area is 108 Å². The lowest BCUT2D eigenvalue weighted by atomic mass is 9.76. The molecule has 0 aromatic rings. The third-order valence-electron chi connectivity index (χ3n) is 5.12. The Morgan fingerprint density at radius 2 is 2.28 bits per heavy atom. The van der Waals surface area contributed by atoms with Crippen LogP contribution in [0.2, 0.25) is 0 Å². The van der Waals surface area contributed by atoms with Gasteiger partial charge in [-0.1, -0.05) is 18.2 Å². The predicted molar refractivity (Wildman–Crippen MR) is 67.7 cm³/mol. The van der Waals surface area contributed by atoms with Crippen LogP contribution in [0, 0.1) is 17.8 Å². The fourth-order valence-electron chi connectivity index (χ4n) is 3.97. The van der Waals surface area contributed by atoms with Crippen LogP contribution in [0.15, 0.2) is 23.8 Å². The zero-order valence-electron chi connectivity index (χ0n) is 11.0. The molecule has 0 bridgehead atoms. The maximum absolute atomic E-state index is 11.7. The average Bonchev–Trinajstić information content (AvgIpc) is 2.76. The van der Waals surface area contributed by atoms with Crippen molar-refractivity contribution in [1.82, 2.24) is 0 Å². The van der Waals surface area contributed by atoms with Crippen LogP contribution in [0.4, 0.5) is 0 Å². The van der Waals surface area contributed by atoms with Crippen LogP contribution < -0.4 is 0 Å². The molecule has 1 saturated carbocycles. The average molecular weight is 248 g/mol. The van der Waals surface area contributed by atoms with Gasteiger partial charge in [0.1, 0.15) is 6.10 Å². The summed E-state index contributed by atoms with van der Waals surface area (Å²) in [6.07, 6.45) is 4.47. The van der Waals surface area contributed by atoms with Gasteiger partial charge in [0.15, 0.2) is 0 Å². The third-order valence-corrected chi connectivity index (χ3v) is 5.12. The quantitative estimate of drug-likeness (QED) is 0.406. The van der Waals surface area contributed by atoms with Gasteiger partial charge in [-0.05, 0) is 33.1 Å². The second-order valence-electron chi connectivity index (χ2n) is 6.21. The van der Waals surface area contributed by atoms with Gasteiger partial charge >= 0.3 is 5.97 Å². The largest absolute Gasteiger partial charge is 0.458 e. The van der Waals surface area contributed by atoms with Gasteiger partial charge in [-0.25, -0.2) is 4.79 Å². The predicted octanol–water partition coefficient (Wildman–Crippen LogP) is 2.21. The van der Waals surface area contributed by atoms with E-state index >= 15 is 0 Å². The molecule has 3 nitrogen and oxygen atoms in total. The number of hydrogen-bond donors (Lipinski definition) is 1. The lowest BCUT2D eigenvalue weighted by Crippen LogP contribution is -2.39. The highest BCUT2D eigenvalue weighted by atomic mass is 16.6. The molecule has 2 aliphatic carbocycles. The maximum atomic E-state index is 11.7. The van der Waals surface area contributed by atoms with E-state index in [0.717, 1.165) is 12.8 Å². The summed E-state index contributed by atoms with van der Waals surface area (Å²) in [5.41, 5.74) is 1.17. The minimum atomic E-state index is -0.671. The van der Waals surface area contributed by atoms with Crippen LogP contribution in [-0.4, -0.2) is 22.8 Å². The maximum Gasteiger partial charge on any atom is 0.334 e. The molecule has 5 atom stereocenters. The summed E-state index contributed by atoms with van der Waals surface area (Å²) in [4.78, 5) is 11.7. The molecule has 0 aromatic heterocycles. The summed E-state index contributed by atoms with van der Waals surface area (Å²) in [5, 5.41) is 10.6. The number of esters is 1. The van der Waals surface area contributed by atoms with Gasteiger partial charge in [0.2, 0.25) is 0 Å². The Morgan fingerprint density at radius 1 is 1.56 bits per heavy atom. The molecule has 3 heteroatoms. The van der Waals surface area contributed by atoms with Crippen LogP contribution in [0.25, 0.3) is 0 Å². The van der Waals surface area contributed by atoms with Crippen molar-refractivity contribution in [3.63, 3.8) is 0 Å². The van der Waals surface area contributed by atoms with E-state index in [-0.39, 0.29) is 29.8 Å². The third kappa shape index (κ3) is 1.50. The molecule has 1 saturated heterocycles. The minimum Gasteiger partial charge on any atom is -0.458 e. The van der Waals surface area contributed by atoms with Gasteiger partial charge in [-0.15, -0.1) is 0 Å². The number of ether oxygens (including phenoxy) is 1. The molecule has 1 heterocycles. The van der Waals surface area contributed by atoms with Gasteiger partial charge in [-0.2, -0.15) is 0 Å². The minimum absolute atomic E-state index is 0.0837. The van der Waals surface area contributed by atoms with Crippen LogP contribution in [-0.2, 0) is 9.53 Å². The fraction of sp³-hybridized carbons (Fsp3) is 0.667. The molecule has 1 aliphatic heterocycles. The zero-order valence-corrected chi connectivity index (χ0v) is 11.0. The van der Waals surface area contributed by atoms with Crippen LogP contribution in [0.3, 0.4) is 0 Å². The summed E-state index contributed by atoms with van der Waals surface area (Å²) in [6, 6.07) is 0. The molecule has 0 spiro atoms. The lowest BCUT2D eigenvalue weighted by molar-refractivity contribution is -0.142. The van der Waals surface area contributed by atoms with Crippen molar-refractivity contribution in [2.75, 3.05) is 0 Å². The van der Waals surface area contributed by atoms with E-state index < -0.39 is 5.60 Å². The molecule has 0 amide bonds. The molecule has 0 unspecified atom stereocenters. The van der Waals surface area contributed by atoms with E-state index in [1.54, 1.807) is 0 Å². The Kier molecular flexibility index (Phi) is 2.46. The summed E-state index contributed by atoms with van der Waals surface area (Å²) in [7, 11) is 0. The van der Waals surface area contributed by atoms with Crippen molar-refractivity contribution in [1.29, 1.82) is 0 Å². The number of carbonyl (C=O) groups is 1. The zero-order chi connectivity index (χ0) is 13.1. The Balaban J connectivity index is 2.01. The summed E-state index contributed by atoms with van der Waals surface area (Å²) >= 11 is 0. The highest BCUT2D eigenvalue weighted by molar-refractivity contribution is 5.90. The molecule has 3 aliphatic rings. The lowest BCUT2D eigenvalue weighted by Gasteiger charge is -2.34. The molecule has 3 rings (SSSR count). The number of fused-ring (bicyclic) bond motifs is 3. The molecular formula is C15H20O3. The van der Waals surface area contributed by atoms with Gasteiger partial charge in [0.25, 0.3) is 0 Å². The van der Waals surface area contributed by atoms with E-state index in [0.29, 0.717) is 12.0 Å². The highest BCUT2D eigenvalue weighted by Crippen LogP contribution is 2.51. The number of allylic oxidation sites excluding steroid dienone is 1. The van der Waals surface area contributed by atoms with Gasteiger partial charge < -0.3 is 9.84 Å². The molecular weight excluding hydrogens is 228 g/mol. The first-order valence-electron chi connectivity index (χ1n) is 6.70. The topological polar surface area (TPSA) is 46.5 Å². The van der Waals surface area contributed by atoms with Crippen molar-refractivity contribution in [2.45, 2.75) is 44.8 Å². The Morgan fingerprint density at radius 3 is 3.00 bits per heavy atom. The molecule has 98 valence electrons. The first-order chi connectivity index (χ1) is 8.42.